The van der Waals surface area contributed by atoms with E-state index in [-0.39, 0.29) is 11.9 Å². The Bertz CT molecular complexity index is 393. The SMILES string of the molecule is CC1CC(OC2OC(CO)C(O)C(O)C2O)=CC(=O)O1. The number of hydrogen-bond acceptors (Lipinski definition) is 8. The number of aliphatic hydroxyl groups is 4. The quantitative estimate of drug-likeness (QED) is 0.441. The van der Waals surface area contributed by atoms with Crippen molar-refractivity contribution in [2.24, 2.45) is 0 Å². The summed E-state index contributed by atoms with van der Waals surface area (Å²) in [5.74, 6) is -0.318. The summed E-state index contributed by atoms with van der Waals surface area (Å²) >= 11 is 0. The number of ether oxygens (including phenoxy) is 3. The van der Waals surface area contributed by atoms with Gasteiger partial charge in [-0.05, 0) is 6.92 Å². The van der Waals surface area contributed by atoms with Crippen LogP contribution in [0.25, 0.3) is 0 Å². The first-order chi connectivity index (χ1) is 9.42. The van der Waals surface area contributed by atoms with Crippen LogP contribution in [0.2, 0.25) is 0 Å². The molecule has 8 nitrogen and oxygen atoms in total. The fraction of sp³-hybridized carbons (Fsp3) is 0.750. The molecule has 0 radical (unpaired) electrons. The van der Waals surface area contributed by atoms with Crippen LogP contribution in [0.1, 0.15) is 13.3 Å². The van der Waals surface area contributed by atoms with Gasteiger partial charge in [-0.25, -0.2) is 4.79 Å². The lowest BCUT2D eigenvalue weighted by Crippen LogP contribution is -2.59. The molecule has 0 aliphatic carbocycles. The van der Waals surface area contributed by atoms with E-state index in [1.54, 1.807) is 6.92 Å². The minimum atomic E-state index is -1.51. The molecule has 6 atom stereocenters. The van der Waals surface area contributed by atoms with Gasteiger partial charge in [-0.2, -0.15) is 0 Å². The van der Waals surface area contributed by atoms with E-state index in [1.165, 1.54) is 0 Å². The number of carbonyl (C=O) groups excluding carboxylic acids is 1. The fourth-order valence-corrected chi connectivity index (χ4v) is 2.14. The van der Waals surface area contributed by atoms with E-state index in [1.807, 2.05) is 0 Å². The van der Waals surface area contributed by atoms with Gasteiger partial charge in [-0.15, -0.1) is 0 Å². The van der Waals surface area contributed by atoms with Crippen molar-refractivity contribution in [1.82, 2.24) is 0 Å². The summed E-state index contributed by atoms with van der Waals surface area (Å²) in [5.41, 5.74) is 0. The predicted octanol–water partition coefficient (Wildman–Crippen LogP) is -1.98. The minimum absolute atomic E-state index is 0.248. The summed E-state index contributed by atoms with van der Waals surface area (Å²) in [4.78, 5) is 11.2. The summed E-state index contributed by atoms with van der Waals surface area (Å²) in [6, 6.07) is 0. The van der Waals surface area contributed by atoms with E-state index >= 15 is 0 Å². The second-order valence-corrected chi connectivity index (χ2v) is 4.88. The van der Waals surface area contributed by atoms with Gasteiger partial charge in [0.15, 0.2) is 0 Å². The number of carbonyl (C=O) groups is 1. The topological polar surface area (TPSA) is 126 Å². The molecule has 2 rings (SSSR count). The lowest BCUT2D eigenvalue weighted by molar-refractivity contribution is -0.292. The number of esters is 1. The van der Waals surface area contributed by atoms with Crippen LogP contribution in [-0.2, 0) is 19.0 Å². The molecule has 2 heterocycles. The maximum Gasteiger partial charge on any atom is 0.334 e. The van der Waals surface area contributed by atoms with Crippen LogP contribution in [-0.4, -0.2) is 69.8 Å². The second kappa shape index (κ2) is 6.06. The van der Waals surface area contributed by atoms with Crippen molar-refractivity contribution in [1.29, 1.82) is 0 Å². The maximum atomic E-state index is 11.2. The van der Waals surface area contributed by atoms with E-state index in [2.05, 4.69) is 0 Å². The summed E-state index contributed by atoms with van der Waals surface area (Å²) in [7, 11) is 0. The zero-order chi connectivity index (χ0) is 14.9. The molecular weight excluding hydrogens is 272 g/mol. The van der Waals surface area contributed by atoms with Crippen molar-refractivity contribution in [2.45, 2.75) is 50.2 Å². The highest BCUT2D eigenvalue weighted by Gasteiger charge is 2.45. The lowest BCUT2D eigenvalue weighted by atomic mass is 9.99. The molecule has 20 heavy (non-hydrogen) atoms. The number of rotatable bonds is 3. The first-order valence-corrected chi connectivity index (χ1v) is 6.30. The molecule has 4 N–H and O–H groups in total. The van der Waals surface area contributed by atoms with Gasteiger partial charge in [0.2, 0.25) is 6.29 Å². The van der Waals surface area contributed by atoms with Crippen LogP contribution in [0.3, 0.4) is 0 Å². The Hall–Kier alpha value is -1.19. The van der Waals surface area contributed by atoms with Crippen LogP contribution in [0.4, 0.5) is 0 Å². The highest BCUT2D eigenvalue weighted by atomic mass is 16.7. The molecule has 6 unspecified atom stereocenters. The fourth-order valence-electron chi connectivity index (χ4n) is 2.14. The van der Waals surface area contributed by atoms with Crippen molar-refractivity contribution in [3.05, 3.63) is 11.8 Å². The third-order valence-electron chi connectivity index (χ3n) is 3.20. The van der Waals surface area contributed by atoms with Gasteiger partial charge in [-0.3, -0.25) is 0 Å². The standard InChI is InChI=1S/C12H18O8/c1-5-2-6(3-8(14)18-5)19-12-11(17)10(16)9(15)7(4-13)20-12/h3,5,7,9-13,15-17H,2,4H2,1H3. The Kier molecular flexibility index (Phi) is 4.61. The first-order valence-electron chi connectivity index (χ1n) is 6.30. The number of aliphatic hydroxyl groups excluding tert-OH is 4. The van der Waals surface area contributed by atoms with Crippen molar-refractivity contribution in [3.8, 4) is 0 Å². The van der Waals surface area contributed by atoms with Crippen molar-refractivity contribution in [2.75, 3.05) is 6.61 Å². The highest BCUT2D eigenvalue weighted by molar-refractivity contribution is 5.83. The Morgan fingerprint density at radius 2 is 2.00 bits per heavy atom. The van der Waals surface area contributed by atoms with Gasteiger partial charge >= 0.3 is 5.97 Å². The van der Waals surface area contributed by atoms with Gasteiger partial charge in [0.25, 0.3) is 0 Å². The van der Waals surface area contributed by atoms with Gasteiger partial charge in [0.05, 0.1) is 12.7 Å². The highest BCUT2D eigenvalue weighted by Crippen LogP contribution is 2.26. The molecule has 0 saturated carbocycles. The summed E-state index contributed by atoms with van der Waals surface area (Å²) in [5, 5.41) is 38.1. The molecule has 114 valence electrons. The Balaban J connectivity index is 2.06. The average Bonchev–Trinajstić information content (AvgIpc) is 2.38. The lowest BCUT2D eigenvalue weighted by Gasteiger charge is -2.40. The van der Waals surface area contributed by atoms with E-state index in [0.717, 1.165) is 6.08 Å². The van der Waals surface area contributed by atoms with Gasteiger partial charge in [0.1, 0.15) is 36.3 Å². The van der Waals surface area contributed by atoms with Crippen molar-refractivity contribution < 1.29 is 39.4 Å². The molecule has 1 saturated heterocycles. The van der Waals surface area contributed by atoms with E-state index in [4.69, 9.17) is 19.3 Å². The van der Waals surface area contributed by atoms with Gasteiger partial charge in [-0.1, -0.05) is 0 Å². The zero-order valence-electron chi connectivity index (χ0n) is 10.9. The molecule has 2 aliphatic rings. The average molecular weight is 290 g/mol. The zero-order valence-corrected chi connectivity index (χ0v) is 10.9. The summed E-state index contributed by atoms with van der Waals surface area (Å²) in [6.07, 6.45) is -5.72. The molecule has 2 aliphatic heterocycles. The molecule has 0 spiro atoms. The Morgan fingerprint density at radius 1 is 1.30 bits per heavy atom. The van der Waals surface area contributed by atoms with E-state index in [9.17, 15) is 20.1 Å². The van der Waals surface area contributed by atoms with Crippen molar-refractivity contribution >= 4 is 5.97 Å². The number of hydrogen-bond donors (Lipinski definition) is 4. The smallest absolute Gasteiger partial charge is 0.334 e. The molecule has 8 heteroatoms. The minimum Gasteiger partial charge on any atom is -0.466 e. The van der Waals surface area contributed by atoms with Crippen molar-refractivity contribution in [3.63, 3.8) is 0 Å². The molecule has 0 aromatic rings. The number of cyclic esters (lactones) is 1. The molecule has 0 amide bonds. The molecule has 0 aromatic heterocycles. The van der Waals surface area contributed by atoms with Crippen LogP contribution < -0.4 is 0 Å². The first kappa shape index (κ1) is 15.2. The van der Waals surface area contributed by atoms with Crippen LogP contribution in [0.15, 0.2) is 11.8 Å². The molecule has 1 fully saturated rings. The van der Waals surface area contributed by atoms with E-state index in [0.29, 0.717) is 6.42 Å². The largest absolute Gasteiger partial charge is 0.466 e. The molecule has 0 bridgehead atoms. The molecule has 0 aromatic carbocycles. The normalized spacial score (nSPS) is 41.9. The maximum absolute atomic E-state index is 11.2. The van der Waals surface area contributed by atoms with Crippen LogP contribution in [0, 0.1) is 0 Å². The Morgan fingerprint density at radius 3 is 2.60 bits per heavy atom. The van der Waals surface area contributed by atoms with Gasteiger partial charge < -0.3 is 34.6 Å². The third kappa shape index (κ3) is 3.10. The van der Waals surface area contributed by atoms with Gasteiger partial charge in [0, 0.05) is 6.42 Å². The monoisotopic (exact) mass is 290 g/mol. The van der Waals surface area contributed by atoms with E-state index < -0.39 is 43.3 Å². The van der Waals surface area contributed by atoms with Crippen LogP contribution >= 0.6 is 0 Å². The summed E-state index contributed by atoms with van der Waals surface area (Å²) < 4.78 is 15.4. The summed E-state index contributed by atoms with van der Waals surface area (Å²) in [6.45, 7) is 1.14. The predicted molar refractivity (Wildman–Crippen MR) is 63.1 cm³/mol. The second-order valence-electron chi connectivity index (χ2n) is 4.88. The third-order valence-corrected chi connectivity index (χ3v) is 3.20. The van der Waals surface area contributed by atoms with Crippen LogP contribution in [0.5, 0.6) is 0 Å². The Labute approximate surface area is 115 Å². The molecular formula is C12H18O8.